The Bertz CT molecular complexity index is 1110. The van der Waals surface area contributed by atoms with Crippen LogP contribution < -0.4 is 4.74 Å². The van der Waals surface area contributed by atoms with Gasteiger partial charge in [0.15, 0.2) is 6.29 Å². The first-order chi connectivity index (χ1) is 16.3. The minimum absolute atomic E-state index is 0.280. The van der Waals surface area contributed by atoms with Gasteiger partial charge in [-0.1, -0.05) is 19.6 Å². The molecule has 3 aromatic rings. The third-order valence-corrected chi connectivity index (χ3v) is 6.84. The first-order valence-corrected chi connectivity index (χ1v) is 15.2. The van der Waals surface area contributed by atoms with Crippen molar-refractivity contribution < 1.29 is 19.3 Å². The Morgan fingerprint density at radius 2 is 2.06 bits per heavy atom. The summed E-state index contributed by atoms with van der Waals surface area (Å²) in [6, 6.07) is 12.2. The van der Waals surface area contributed by atoms with Crippen molar-refractivity contribution >= 4 is 30.9 Å². The summed E-state index contributed by atoms with van der Waals surface area (Å²) in [5, 5.41) is 18.4. The Kier molecular flexibility index (Phi) is 9.11. The van der Waals surface area contributed by atoms with Crippen molar-refractivity contribution in [2.75, 3.05) is 19.9 Å². The monoisotopic (exact) mass is 482 g/mol. The molecule has 0 fully saturated rings. The van der Waals surface area contributed by atoms with Gasteiger partial charge in [-0.2, -0.15) is 0 Å². The largest absolute Gasteiger partial charge is 0.439 e. The van der Waals surface area contributed by atoms with E-state index in [9.17, 15) is 5.11 Å². The lowest BCUT2D eigenvalue weighted by atomic mass is 10.1. The number of hydrogen-bond donors (Lipinski definition) is 3. The van der Waals surface area contributed by atoms with Crippen LogP contribution in [0.25, 0.3) is 10.9 Å². The zero-order chi connectivity index (χ0) is 24.6. The fourth-order valence-corrected chi connectivity index (χ4v) is 4.00. The van der Waals surface area contributed by atoms with Crippen LogP contribution in [0.15, 0.2) is 47.6 Å². The normalized spacial score (nSPS) is 13.3. The van der Waals surface area contributed by atoms with Crippen molar-refractivity contribution in [3.8, 4) is 11.6 Å². The predicted octanol–water partition coefficient (Wildman–Crippen LogP) is 5.52. The first-order valence-electron chi connectivity index (χ1n) is 11.5. The van der Waals surface area contributed by atoms with Crippen LogP contribution in [0.3, 0.4) is 0 Å². The fourth-order valence-electron chi connectivity index (χ4n) is 3.25. The Labute approximate surface area is 201 Å². The lowest BCUT2D eigenvalue weighted by molar-refractivity contribution is -0.100. The number of pyridine rings is 1. The van der Waals surface area contributed by atoms with Gasteiger partial charge in [0.2, 0.25) is 5.88 Å². The van der Waals surface area contributed by atoms with E-state index in [-0.39, 0.29) is 6.73 Å². The van der Waals surface area contributed by atoms with Crippen LogP contribution in [0.2, 0.25) is 25.7 Å². The number of aliphatic hydroxyl groups excluding tert-OH is 1. The van der Waals surface area contributed by atoms with E-state index in [1.807, 2.05) is 37.3 Å². The Morgan fingerprint density at radius 1 is 1.24 bits per heavy atom. The number of H-pyrrole nitrogens is 1. The van der Waals surface area contributed by atoms with E-state index < -0.39 is 14.4 Å². The molecule has 0 bridgehead atoms. The number of ether oxygens (including phenoxy) is 3. The van der Waals surface area contributed by atoms with Crippen molar-refractivity contribution in [2.45, 2.75) is 45.3 Å². The van der Waals surface area contributed by atoms with E-state index >= 15 is 0 Å². The summed E-state index contributed by atoms with van der Waals surface area (Å²) in [7, 11) is -1.13. The number of aliphatic hydroxyl groups is 1. The van der Waals surface area contributed by atoms with E-state index in [4.69, 9.17) is 19.6 Å². The number of aromatic amines is 1. The van der Waals surface area contributed by atoms with Gasteiger partial charge < -0.3 is 29.7 Å². The third kappa shape index (κ3) is 7.59. The molecule has 0 aliphatic rings. The maximum atomic E-state index is 10.0. The number of aliphatic imine (C=N–C) groups is 1. The zero-order valence-electron chi connectivity index (χ0n) is 20.3. The second kappa shape index (κ2) is 12.0. The van der Waals surface area contributed by atoms with Crippen molar-refractivity contribution in [2.24, 2.45) is 4.99 Å². The molecule has 0 aliphatic carbocycles. The second-order valence-electron chi connectivity index (χ2n) is 9.13. The molecule has 182 valence electrons. The highest BCUT2D eigenvalue weighted by atomic mass is 28.3. The molecular weight excluding hydrogens is 448 g/mol. The summed E-state index contributed by atoms with van der Waals surface area (Å²) in [4.78, 5) is 12.1. The van der Waals surface area contributed by atoms with Gasteiger partial charge in [-0.15, -0.1) is 0 Å². The highest BCUT2D eigenvalue weighted by Crippen LogP contribution is 2.27. The number of aromatic nitrogens is 2. The van der Waals surface area contributed by atoms with Gasteiger partial charge in [-0.05, 0) is 43.3 Å². The summed E-state index contributed by atoms with van der Waals surface area (Å²) in [5.41, 5.74) is 3.07. The summed E-state index contributed by atoms with van der Waals surface area (Å²) in [5.74, 6) is 1.09. The van der Waals surface area contributed by atoms with Gasteiger partial charge in [0.05, 0.1) is 11.4 Å². The quantitative estimate of drug-likeness (QED) is 0.128. The molecule has 3 rings (SSSR count). The van der Waals surface area contributed by atoms with E-state index in [0.717, 1.165) is 28.2 Å². The summed E-state index contributed by atoms with van der Waals surface area (Å²) in [6.45, 7) is 10.2. The van der Waals surface area contributed by atoms with E-state index in [0.29, 0.717) is 37.0 Å². The smallest absolute Gasteiger partial charge is 0.219 e. The number of fused-ring (bicyclic) bond motifs is 1. The molecule has 0 radical (unpaired) electrons. The molecule has 1 aromatic carbocycles. The van der Waals surface area contributed by atoms with Crippen LogP contribution in [-0.4, -0.2) is 55.0 Å². The Balaban J connectivity index is 1.64. The predicted molar refractivity (Wildman–Crippen MR) is 138 cm³/mol. The van der Waals surface area contributed by atoms with Crippen molar-refractivity contribution in [1.82, 2.24) is 9.97 Å². The molecule has 1 atom stereocenters. The third-order valence-electron chi connectivity index (χ3n) is 5.13. The fraction of sp³-hybridized carbons (Fsp3) is 0.400. The number of nitrogens with zero attached hydrogens (tertiary/aromatic N) is 2. The van der Waals surface area contributed by atoms with Crippen LogP contribution in [0.1, 0.15) is 30.9 Å². The molecule has 8 nitrogen and oxygen atoms in total. The minimum atomic E-state index is -1.13. The first kappa shape index (κ1) is 25.8. The lowest BCUT2D eigenvalue weighted by Gasteiger charge is -2.14. The van der Waals surface area contributed by atoms with Crippen LogP contribution >= 0.6 is 0 Å². The summed E-state index contributed by atoms with van der Waals surface area (Å²) >= 11 is 0. The number of benzene rings is 1. The molecule has 0 saturated carbocycles. The summed E-state index contributed by atoms with van der Waals surface area (Å²) < 4.78 is 16.8. The summed E-state index contributed by atoms with van der Waals surface area (Å²) in [6.07, 6.45) is 2.46. The minimum Gasteiger partial charge on any atom is -0.439 e. The molecule has 0 saturated heterocycles. The zero-order valence-corrected chi connectivity index (χ0v) is 21.3. The van der Waals surface area contributed by atoms with Gasteiger partial charge in [0, 0.05) is 62.7 Å². The molecule has 3 N–H and O–H groups in total. The van der Waals surface area contributed by atoms with Crippen molar-refractivity contribution in [3.63, 3.8) is 0 Å². The lowest BCUT2D eigenvalue weighted by Crippen LogP contribution is -2.21. The van der Waals surface area contributed by atoms with Crippen molar-refractivity contribution in [1.29, 1.82) is 5.41 Å². The maximum Gasteiger partial charge on any atom is 0.219 e. The van der Waals surface area contributed by atoms with Gasteiger partial charge in [0.1, 0.15) is 12.5 Å². The van der Waals surface area contributed by atoms with E-state index in [1.54, 1.807) is 12.3 Å². The molecule has 2 aromatic heterocycles. The van der Waals surface area contributed by atoms with Crippen LogP contribution in [0.4, 0.5) is 0 Å². The van der Waals surface area contributed by atoms with E-state index in [2.05, 4.69) is 34.6 Å². The van der Waals surface area contributed by atoms with Crippen LogP contribution in [0.5, 0.6) is 11.6 Å². The molecule has 1 unspecified atom stereocenters. The van der Waals surface area contributed by atoms with Gasteiger partial charge >= 0.3 is 0 Å². The molecule has 0 amide bonds. The molecule has 0 aliphatic heterocycles. The number of rotatable bonds is 13. The standard InChI is InChI=1S/C25H34N4O4Si/c1-5-32-25(30)23-15-19-14-20(7-8-22(19)29-23)33-24-9-6-18(16-27-24)21(10-11-26)28-17-31-12-13-34(2,3)4/h6-9,11,14-16,25-26,29-30H,5,10,12-13,17H2,1-4H3. The number of hydrogen-bond acceptors (Lipinski definition) is 7. The number of nitrogens with one attached hydrogen (secondary N) is 2. The Morgan fingerprint density at radius 3 is 2.74 bits per heavy atom. The van der Waals surface area contributed by atoms with Crippen LogP contribution in [-0.2, 0) is 9.47 Å². The van der Waals surface area contributed by atoms with Crippen molar-refractivity contribution in [3.05, 3.63) is 53.9 Å². The Hall–Kier alpha value is -2.85. The molecule has 2 heterocycles. The molecule has 0 spiro atoms. The molecule has 9 heteroatoms. The SMILES string of the molecule is CCOC(O)c1cc2cc(Oc3ccc(C(CC=N)=NCOCC[Si](C)(C)C)cn3)ccc2[nH]1. The molecule has 34 heavy (non-hydrogen) atoms. The van der Waals surface area contributed by atoms with E-state index in [1.165, 1.54) is 6.21 Å². The second-order valence-corrected chi connectivity index (χ2v) is 14.8. The highest BCUT2D eigenvalue weighted by molar-refractivity contribution is 6.76. The highest BCUT2D eigenvalue weighted by Gasteiger charge is 2.13. The average Bonchev–Trinajstić information content (AvgIpc) is 3.22. The van der Waals surface area contributed by atoms with Gasteiger partial charge in [-0.25, -0.2) is 4.98 Å². The maximum absolute atomic E-state index is 10.0. The van der Waals surface area contributed by atoms with Gasteiger partial charge in [0.25, 0.3) is 0 Å². The van der Waals surface area contributed by atoms with Crippen LogP contribution in [0, 0.1) is 5.41 Å². The average molecular weight is 483 g/mol. The molecular formula is C25H34N4O4Si. The van der Waals surface area contributed by atoms with Gasteiger partial charge in [-0.3, -0.25) is 4.99 Å². The topological polar surface area (TPSA) is 113 Å².